The average molecular weight is 278 g/mol. The second-order valence-corrected chi connectivity index (χ2v) is 4.53. The minimum Gasteiger partial charge on any atom is -0.373 e. The van der Waals surface area contributed by atoms with Gasteiger partial charge in [0.25, 0.3) is 0 Å². The molecule has 0 bridgehead atoms. The van der Waals surface area contributed by atoms with Crippen molar-refractivity contribution < 1.29 is 28.2 Å². The molecule has 106 valence electrons. The van der Waals surface area contributed by atoms with Crippen LogP contribution >= 0.6 is 0 Å². The van der Waals surface area contributed by atoms with Crippen molar-refractivity contribution in [1.29, 1.82) is 0 Å². The Hall–Kier alpha value is -2.50. The highest BCUT2D eigenvalue weighted by Crippen LogP contribution is 2.06. The Morgan fingerprint density at radius 1 is 0.800 bits per heavy atom. The molecule has 0 radical (unpaired) electrons. The monoisotopic (exact) mass is 278 g/mol. The molecule has 6 heteroatoms. The molecule has 0 N–H and O–H groups in total. The third-order valence-electron chi connectivity index (χ3n) is 2.10. The molecular weight excluding hydrogens is 260 g/mol. The number of esters is 2. The lowest BCUT2D eigenvalue weighted by Gasteiger charge is -2.00. The van der Waals surface area contributed by atoms with Crippen LogP contribution in [-0.4, -0.2) is 62.1 Å². The van der Waals surface area contributed by atoms with Gasteiger partial charge in [-0.25, -0.2) is 18.7 Å². The van der Waals surface area contributed by atoms with E-state index in [9.17, 15) is 9.59 Å². The lowest BCUT2D eigenvalue weighted by atomic mass is 10.1. The van der Waals surface area contributed by atoms with Gasteiger partial charge in [-0.15, -0.1) is 0 Å². The van der Waals surface area contributed by atoms with Gasteiger partial charge in [0.05, 0.1) is 11.1 Å². The summed E-state index contributed by atoms with van der Waals surface area (Å²) >= 11 is 0. The van der Waals surface area contributed by atoms with Gasteiger partial charge in [0.2, 0.25) is 0 Å². The zero-order valence-corrected chi connectivity index (χ0v) is 12.0. The summed E-state index contributed by atoms with van der Waals surface area (Å²) in [5, 5.41) is 0. The van der Waals surface area contributed by atoms with Crippen LogP contribution in [0, 0.1) is 0 Å². The standard InChI is InChI=1S/C14H18N2O4/c1-15(2)9-19-13(17)11-5-7-12(8-6-11)14(18)20-10-16(3)4/h5-10H,1-4H3/q+2. The topological polar surface area (TPSA) is 58.6 Å². The van der Waals surface area contributed by atoms with Gasteiger partial charge in [0.1, 0.15) is 28.2 Å². The van der Waals surface area contributed by atoms with E-state index in [1.54, 1.807) is 37.3 Å². The molecule has 0 fully saturated rings. The van der Waals surface area contributed by atoms with Crippen molar-refractivity contribution in [3.05, 3.63) is 35.4 Å². The Labute approximate surface area is 117 Å². The van der Waals surface area contributed by atoms with Crippen LogP contribution in [0.3, 0.4) is 0 Å². The smallest absolute Gasteiger partial charge is 0.347 e. The van der Waals surface area contributed by atoms with Crippen LogP contribution in [0.4, 0.5) is 0 Å². The third kappa shape index (κ3) is 5.01. The first-order valence-corrected chi connectivity index (χ1v) is 5.91. The van der Waals surface area contributed by atoms with E-state index in [-0.39, 0.29) is 0 Å². The quantitative estimate of drug-likeness (QED) is 0.350. The Bertz CT molecular complexity index is 500. The molecule has 1 aromatic rings. The fraction of sp³-hybridized carbons (Fsp3) is 0.286. The average Bonchev–Trinajstić information content (AvgIpc) is 2.42. The highest BCUT2D eigenvalue weighted by molar-refractivity contribution is 5.96. The van der Waals surface area contributed by atoms with Gasteiger partial charge >= 0.3 is 24.7 Å². The van der Waals surface area contributed by atoms with Gasteiger partial charge in [0.15, 0.2) is 0 Å². The van der Waals surface area contributed by atoms with E-state index in [0.717, 1.165) is 0 Å². The van der Waals surface area contributed by atoms with E-state index in [4.69, 9.17) is 9.47 Å². The summed E-state index contributed by atoms with van der Waals surface area (Å²) in [5.74, 6) is -0.975. The molecule has 6 nitrogen and oxygen atoms in total. The number of ether oxygens (including phenoxy) is 2. The molecule has 0 unspecified atom stereocenters. The van der Waals surface area contributed by atoms with Gasteiger partial charge in [0, 0.05) is 0 Å². The fourth-order valence-corrected chi connectivity index (χ4v) is 1.19. The second kappa shape index (κ2) is 7.18. The Balaban J connectivity index is 2.73. The molecule has 20 heavy (non-hydrogen) atoms. The van der Waals surface area contributed by atoms with Crippen molar-refractivity contribution in [3.63, 3.8) is 0 Å². The van der Waals surface area contributed by atoms with E-state index in [2.05, 4.69) is 0 Å². The highest BCUT2D eigenvalue weighted by atomic mass is 16.5. The van der Waals surface area contributed by atoms with Gasteiger partial charge < -0.3 is 9.47 Å². The summed E-state index contributed by atoms with van der Waals surface area (Å²) in [6.07, 6.45) is 2.60. The summed E-state index contributed by atoms with van der Waals surface area (Å²) in [4.78, 5) is 23.3. The SMILES string of the molecule is C[N+](C)=COC(=O)c1ccc(C(=O)OC=[N+](C)C)cc1. The summed E-state index contributed by atoms with van der Waals surface area (Å²) in [6, 6.07) is 6.05. The summed E-state index contributed by atoms with van der Waals surface area (Å²) < 4.78 is 13.0. The molecule has 0 saturated heterocycles. The number of benzene rings is 1. The minimum atomic E-state index is -0.488. The molecule has 0 saturated carbocycles. The fourth-order valence-electron chi connectivity index (χ4n) is 1.19. The normalized spacial score (nSPS) is 9.40. The lowest BCUT2D eigenvalue weighted by molar-refractivity contribution is -0.466. The maximum Gasteiger partial charge on any atom is 0.347 e. The first-order valence-electron chi connectivity index (χ1n) is 5.91. The zero-order valence-electron chi connectivity index (χ0n) is 12.0. The predicted octanol–water partition coefficient (Wildman–Crippen LogP) is 0.601. The molecule has 0 heterocycles. The Morgan fingerprint density at radius 2 is 1.10 bits per heavy atom. The van der Waals surface area contributed by atoms with Crippen molar-refractivity contribution in [2.45, 2.75) is 0 Å². The van der Waals surface area contributed by atoms with Crippen LogP contribution in [0.25, 0.3) is 0 Å². The molecular formula is C14H18N2O4+2. The molecule has 1 aromatic carbocycles. The van der Waals surface area contributed by atoms with E-state index in [1.165, 1.54) is 37.1 Å². The van der Waals surface area contributed by atoms with Crippen molar-refractivity contribution in [1.82, 2.24) is 0 Å². The molecule has 0 aliphatic heterocycles. The van der Waals surface area contributed by atoms with Crippen molar-refractivity contribution >= 4 is 24.7 Å². The van der Waals surface area contributed by atoms with Gasteiger partial charge in [-0.3, -0.25) is 0 Å². The van der Waals surface area contributed by atoms with Gasteiger partial charge in [-0.1, -0.05) is 0 Å². The van der Waals surface area contributed by atoms with E-state index in [1.807, 2.05) is 0 Å². The van der Waals surface area contributed by atoms with Crippen LogP contribution < -0.4 is 0 Å². The van der Waals surface area contributed by atoms with Crippen molar-refractivity contribution in [2.75, 3.05) is 28.2 Å². The summed E-state index contributed by atoms with van der Waals surface area (Å²) in [6.45, 7) is 0. The largest absolute Gasteiger partial charge is 0.373 e. The number of nitrogens with zero attached hydrogens (tertiary/aromatic N) is 2. The van der Waals surface area contributed by atoms with E-state index in [0.29, 0.717) is 11.1 Å². The third-order valence-corrected chi connectivity index (χ3v) is 2.10. The van der Waals surface area contributed by atoms with Crippen molar-refractivity contribution in [2.24, 2.45) is 0 Å². The second-order valence-electron chi connectivity index (χ2n) is 4.53. The van der Waals surface area contributed by atoms with E-state index < -0.39 is 11.9 Å². The molecule has 1 rings (SSSR count). The van der Waals surface area contributed by atoms with Crippen LogP contribution in [0.1, 0.15) is 20.7 Å². The summed E-state index contributed by atoms with van der Waals surface area (Å²) in [5.41, 5.74) is 0.715. The number of hydrogen-bond acceptors (Lipinski definition) is 4. The molecule has 0 spiro atoms. The van der Waals surface area contributed by atoms with Crippen LogP contribution in [-0.2, 0) is 9.47 Å². The predicted molar refractivity (Wildman–Crippen MR) is 73.6 cm³/mol. The molecule has 0 aromatic heterocycles. The molecule has 0 atom stereocenters. The number of rotatable bonds is 4. The van der Waals surface area contributed by atoms with Crippen LogP contribution in [0.2, 0.25) is 0 Å². The first kappa shape index (κ1) is 15.6. The minimum absolute atomic E-state index is 0.358. The number of carbonyl (C=O) groups excluding carboxylic acids is 2. The van der Waals surface area contributed by atoms with Crippen LogP contribution in [0.15, 0.2) is 24.3 Å². The molecule has 0 aliphatic rings. The first-order chi connectivity index (χ1) is 9.40. The van der Waals surface area contributed by atoms with Gasteiger partial charge in [-0.05, 0) is 24.3 Å². The number of carbonyl (C=O) groups is 2. The van der Waals surface area contributed by atoms with Gasteiger partial charge in [-0.2, -0.15) is 0 Å². The zero-order chi connectivity index (χ0) is 15.1. The maximum absolute atomic E-state index is 11.6. The van der Waals surface area contributed by atoms with Crippen LogP contribution in [0.5, 0.6) is 0 Å². The molecule has 0 amide bonds. The van der Waals surface area contributed by atoms with Crippen molar-refractivity contribution in [3.8, 4) is 0 Å². The number of hydrogen-bond donors (Lipinski definition) is 0. The Kier molecular flexibility index (Phi) is 5.58. The lowest BCUT2D eigenvalue weighted by Crippen LogP contribution is -2.11. The summed E-state index contributed by atoms with van der Waals surface area (Å²) in [7, 11) is 6.97. The molecule has 0 aliphatic carbocycles. The Morgan fingerprint density at radius 3 is 1.35 bits per heavy atom. The maximum atomic E-state index is 11.6. The highest BCUT2D eigenvalue weighted by Gasteiger charge is 2.11. The van der Waals surface area contributed by atoms with E-state index >= 15 is 0 Å².